The van der Waals surface area contributed by atoms with Crippen LogP contribution in [0.25, 0.3) is 5.70 Å². The molecule has 0 aliphatic carbocycles. The number of benzene rings is 2. The smallest absolute Gasteiger partial charge is 0.248 e. The van der Waals surface area contributed by atoms with E-state index in [1.807, 2.05) is 42.5 Å². The molecule has 0 amide bonds. The molecule has 2 aromatic rings. The minimum Gasteiger partial charge on any atom is -0.606 e. The lowest BCUT2D eigenvalue weighted by Gasteiger charge is -2.14. The number of hydrogen-bond donors (Lipinski definition) is 1. The van der Waals surface area contributed by atoms with E-state index in [1.165, 1.54) is 0 Å². The van der Waals surface area contributed by atoms with Gasteiger partial charge in [0.1, 0.15) is 5.70 Å². The SMILES string of the molecule is CCCCN/C(=C1\C(=O)c2ccccc2[S+]1[O-])c1ccccc1. The van der Waals surface area contributed by atoms with Gasteiger partial charge in [0.15, 0.2) is 4.90 Å². The Labute approximate surface area is 139 Å². The van der Waals surface area contributed by atoms with Crippen molar-refractivity contribution in [3.8, 4) is 0 Å². The number of fused-ring (bicyclic) bond motifs is 1. The van der Waals surface area contributed by atoms with E-state index in [0.717, 1.165) is 24.9 Å². The largest absolute Gasteiger partial charge is 0.606 e. The summed E-state index contributed by atoms with van der Waals surface area (Å²) in [7, 11) is 0. The van der Waals surface area contributed by atoms with Gasteiger partial charge in [0, 0.05) is 23.3 Å². The zero-order chi connectivity index (χ0) is 16.2. The zero-order valence-electron chi connectivity index (χ0n) is 13.0. The fourth-order valence-electron chi connectivity index (χ4n) is 2.65. The van der Waals surface area contributed by atoms with E-state index < -0.39 is 11.2 Å². The molecule has 1 aliphatic rings. The molecule has 0 saturated heterocycles. The van der Waals surface area contributed by atoms with Crippen molar-refractivity contribution in [1.29, 1.82) is 0 Å². The van der Waals surface area contributed by atoms with Gasteiger partial charge >= 0.3 is 0 Å². The summed E-state index contributed by atoms with van der Waals surface area (Å²) in [5, 5.41) is 3.34. The Morgan fingerprint density at radius 1 is 1.09 bits per heavy atom. The van der Waals surface area contributed by atoms with Crippen LogP contribution in [0.2, 0.25) is 0 Å². The molecule has 0 fully saturated rings. The van der Waals surface area contributed by atoms with Crippen LogP contribution in [0.3, 0.4) is 0 Å². The average molecular weight is 325 g/mol. The van der Waals surface area contributed by atoms with E-state index in [-0.39, 0.29) is 5.78 Å². The van der Waals surface area contributed by atoms with Gasteiger partial charge in [-0.2, -0.15) is 0 Å². The molecule has 0 saturated carbocycles. The summed E-state index contributed by atoms with van der Waals surface area (Å²) in [6.07, 6.45) is 2.05. The highest BCUT2D eigenvalue weighted by atomic mass is 32.2. The molecule has 23 heavy (non-hydrogen) atoms. The number of hydrogen-bond acceptors (Lipinski definition) is 3. The predicted octanol–water partition coefficient (Wildman–Crippen LogP) is 3.75. The van der Waals surface area contributed by atoms with E-state index >= 15 is 0 Å². The van der Waals surface area contributed by atoms with E-state index in [9.17, 15) is 9.35 Å². The lowest BCUT2D eigenvalue weighted by Crippen LogP contribution is -2.19. The first-order valence-corrected chi connectivity index (χ1v) is 8.98. The van der Waals surface area contributed by atoms with Crippen molar-refractivity contribution in [3.63, 3.8) is 0 Å². The number of Topliss-reactive ketones (excluding diaryl/α,β-unsaturated/α-hetero) is 1. The molecule has 1 N–H and O–H groups in total. The van der Waals surface area contributed by atoms with E-state index in [2.05, 4.69) is 12.2 Å². The molecular weight excluding hydrogens is 306 g/mol. The Balaban J connectivity index is 2.08. The van der Waals surface area contributed by atoms with Crippen LogP contribution >= 0.6 is 0 Å². The Hall–Kier alpha value is -2.04. The van der Waals surface area contributed by atoms with Gasteiger partial charge in [-0.15, -0.1) is 0 Å². The summed E-state index contributed by atoms with van der Waals surface area (Å²) in [6, 6.07) is 16.8. The lowest BCUT2D eigenvalue weighted by atomic mass is 10.1. The van der Waals surface area contributed by atoms with E-state index in [0.29, 0.717) is 21.1 Å². The molecule has 1 atom stereocenters. The van der Waals surface area contributed by atoms with Gasteiger partial charge in [-0.3, -0.25) is 4.79 Å². The predicted molar refractivity (Wildman–Crippen MR) is 93.5 cm³/mol. The van der Waals surface area contributed by atoms with E-state index in [1.54, 1.807) is 12.1 Å². The average Bonchev–Trinajstić information content (AvgIpc) is 2.85. The third kappa shape index (κ3) is 3.05. The van der Waals surface area contributed by atoms with Gasteiger partial charge < -0.3 is 9.87 Å². The second-order valence-electron chi connectivity index (χ2n) is 5.44. The van der Waals surface area contributed by atoms with Crippen LogP contribution in [0.1, 0.15) is 35.7 Å². The summed E-state index contributed by atoms with van der Waals surface area (Å²) in [4.78, 5) is 13.7. The molecule has 3 rings (SSSR count). The van der Waals surface area contributed by atoms with Gasteiger partial charge in [-0.25, -0.2) is 0 Å². The number of nitrogens with one attached hydrogen (secondary N) is 1. The molecule has 0 bridgehead atoms. The van der Waals surface area contributed by atoms with Crippen molar-refractivity contribution in [2.75, 3.05) is 6.54 Å². The molecule has 0 spiro atoms. The highest BCUT2D eigenvalue weighted by molar-refractivity contribution is 7.97. The molecule has 0 aromatic heterocycles. The number of unbranched alkanes of at least 4 members (excludes halogenated alkanes) is 1. The molecule has 3 nitrogen and oxygen atoms in total. The maximum Gasteiger partial charge on any atom is 0.248 e. The second-order valence-corrected chi connectivity index (χ2v) is 6.83. The Morgan fingerprint density at radius 2 is 1.78 bits per heavy atom. The van der Waals surface area contributed by atoms with Crippen molar-refractivity contribution in [2.24, 2.45) is 0 Å². The van der Waals surface area contributed by atoms with Crippen molar-refractivity contribution in [2.45, 2.75) is 24.7 Å². The third-order valence-electron chi connectivity index (χ3n) is 3.84. The number of carbonyl (C=O) groups is 1. The van der Waals surface area contributed by atoms with E-state index in [4.69, 9.17) is 0 Å². The van der Waals surface area contributed by atoms with Crippen LogP contribution in [0, 0.1) is 0 Å². The summed E-state index contributed by atoms with van der Waals surface area (Å²) in [6.45, 7) is 2.87. The minimum atomic E-state index is -1.43. The minimum absolute atomic E-state index is 0.137. The summed E-state index contributed by atoms with van der Waals surface area (Å²) in [5.41, 5.74) is 2.14. The number of allylic oxidation sites excluding steroid dienone is 1. The van der Waals surface area contributed by atoms with Gasteiger partial charge in [0.2, 0.25) is 10.7 Å². The molecule has 4 heteroatoms. The van der Waals surface area contributed by atoms with Crippen LogP contribution in [0.5, 0.6) is 0 Å². The summed E-state index contributed by atoms with van der Waals surface area (Å²) >= 11 is -1.43. The van der Waals surface area contributed by atoms with Crippen LogP contribution in [-0.2, 0) is 11.2 Å². The van der Waals surface area contributed by atoms with Gasteiger partial charge in [0.25, 0.3) is 0 Å². The Morgan fingerprint density at radius 3 is 2.48 bits per heavy atom. The molecule has 1 heterocycles. The van der Waals surface area contributed by atoms with Crippen LogP contribution in [-0.4, -0.2) is 16.9 Å². The lowest BCUT2D eigenvalue weighted by molar-refractivity contribution is 0.104. The van der Waals surface area contributed by atoms with Gasteiger partial charge in [-0.05, 0) is 18.6 Å². The number of ketones is 1. The Bertz CT molecular complexity index is 740. The monoisotopic (exact) mass is 325 g/mol. The zero-order valence-corrected chi connectivity index (χ0v) is 13.9. The maximum atomic E-state index is 12.8. The first kappa shape index (κ1) is 15.8. The fraction of sp³-hybridized carbons (Fsp3) is 0.211. The summed E-state index contributed by atoms with van der Waals surface area (Å²) in [5.74, 6) is -0.137. The van der Waals surface area contributed by atoms with Gasteiger partial charge in [-0.1, -0.05) is 55.8 Å². The standard InChI is InChI=1S/C19H19NO2S/c1-2-3-13-20-17(14-9-5-4-6-10-14)19-18(21)15-11-7-8-12-16(15)23(19)22/h4-12,20H,2-3,13H2,1H3/b19-17+. The third-order valence-corrected chi connectivity index (χ3v) is 5.36. The van der Waals surface area contributed by atoms with Crippen molar-refractivity contribution < 1.29 is 9.35 Å². The molecule has 118 valence electrons. The maximum absolute atomic E-state index is 12.8. The van der Waals surface area contributed by atoms with Crippen molar-refractivity contribution >= 4 is 22.7 Å². The molecular formula is C19H19NO2S. The van der Waals surface area contributed by atoms with Crippen LogP contribution < -0.4 is 5.32 Å². The van der Waals surface area contributed by atoms with Gasteiger partial charge in [0.05, 0.1) is 5.56 Å². The number of carbonyl (C=O) groups excluding carboxylic acids is 1. The summed E-state index contributed by atoms with van der Waals surface area (Å²) < 4.78 is 12.8. The quantitative estimate of drug-likeness (QED) is 0.517. The molecule has 2 aromatic carbocycles. The highest BCUT2D eigenvalue weighted by Gasteiger charge is 2.41. The van der Waals surface area contributed by atoms with Crippen molar-refractivity contribution in [1.82, 2.24) is 5.32 Å². The molecule has 1 aliphatic heterocycles. The fourth-order valence-corrected chi connectivity index (χ4v) is 4.08. The van der Waals surface area contributed by atoms with Crippen molar-refractivity contribution in [3.05, 3.63) is 70.6 Å². The Kier molecular flexibility index (Phi) is 4.84. The number of rotatable bonds is 5. The van der Waals surface area contributed by atoms with Crippen LogP contribution in [0.4, 0.5) is 0 Å². The normalized spacial score (nSPS) is 18.7. The highest BCUT2D eigenvalue weighted by Crippen LogP contribution is 2.37. The topological polar surface area (TPSA) is 52.2 Å². The first-order chi connectivity index (χ1) is 11.2. The second kappa shape index (κ2) is 7.02. The molecule has 1 unspecified atom stereocenters. The first-order valence-electron chi connectivity index (χ1n) is 7.83. The van der Waals surface area contributed by atoms with Crippen LogP contribution in [0.15, 0.2) is 64.4 Å². The molecule has 0 radical (unpaired) electrons.